The van der Waals surface area contributed by atoms with Crippen molar-refractivity contribution in [2.75, 3.05) is 33.3 Å². The number of rotatable bonds is 4. The molecule has 2 aliphatic rings. The van der Waals surface area contributed by atoms with Gasteiger partial charge in [0.25, 0.3) is 5.91 Å². The smallest absolute Gasteiger partial charge is 0.255 e. The molecule has 0 radical (unpaired) electrons. The first-order chi connectivity index (χ1) is 12.7. The molecule has 26 heavy (non-hydrogen) atoms. The summed E-state index contributed by atoms with van der Waals surface area (Å²) in [5.41, 5.74) is 1.55. The number of hydrogen-bond donors (Lipinski definition) is 0. The summed E-state index contributed by atoms with van der Waals surface area (Å²) in [5, 5.41) is -0.103. The summed E-state index contributed by atoms with van der Waals surface area (Å²) >= 11 is 1.72. The van der Waals surface area contributed by atoms with Crippen LogP contribution in [-0.4, -0.2) is 44.1 Å². The Morgan fingerprint density at radius 1 is 1.12 bits per heavy atom. The van der Waals surface area contributed by atoms with E-state index in [-0.39, 0.29) is 18.1 Å². The molecule has 0 aromatic heterocycles. The maximum atomic E-state index is 13.1. The van der Waals surface area contributed by atoms with Crippen LogP contribution in [0, 0.1) is 0 Å². The number of fused-ring (bicyclic) bond motifs is 1. The lowest BCUT2D eigenvalue weighted by Gasteiger charge is -2.25. The van der Waals surface area contributed by atoms with Gasteiger partial charge in [-0.25, -0.2) is 0 Å². The van der Waals surface area contributed by atoms with Gasteiger partial charge in [0.15, 0.2) is 11.5 Å². The molecular formula is C19H19NO5S. The zero-order chi connectivity index (χ0) is 18.1. The second kappa shape index (κ2) is 6.99. The van der Waals surface area contributed by atoms with E-state index in [9.17, 15) is 4.79 Å². The monoisotopic (exact) mass is 373 g/mol. The van der Waals surface area contributed by atoms with Crippen LogP contribution < -0.4 is 18.9 Å². The van der Waals surface area contributed by atoms with Crippen LogP contribution in [0.4, 0.5) is 0 Å². The molecule has 1 saturated heterocycles. The molecule has 4 rings (SSSR count). The first kappa shape index (κ1) is 16.9. The third-order valence-electron chi connectivity index (χ3n) is 4.48. The molecule has 0 unspecified atom stereocenters. The van der Waals surface area contributed by atoms with Crippen molar-refractivity contribution in [3.05, 3.63) is 47.5 Å². The van der Waals surface area contributed by atoms with Crippen molar-refractivity contribution in [1.82, 2.24) is 4.90 Å². The van der Waals surface area contributed by atoms with Crippen LogP contribution in [0.2, 0.25) is 0 Å². The fourth-order valence-electron chi connectivity index (χ4n) is 3.15. The topological polar surface area (TPSA) is 57.2 Å². The molecule has 7 heteroatoms. The summed E-state index contributed by atoms with van der Waals surface area (Å²) in [6, 6.07) is 11.0. The minimum absolute atomic E-state index is 0.0313. The van der Waals surface area contributed by atoms with Gasteiger partial charge in [-0.1, -0.05) is 0 Å². The van der Waals surface area contributed by atoms with Crippen LogP contribution >= 0.6 is 11.8 Å². The van der Waals surface area contributed by atoms with E-state index in [0.717, 1.165) is 17.1 Å². The zero-order valence-electron chi connectivity index (χ0n) is 14.6. The molecule has 2 heterocycles. The van der Waals surface area contributed by atoms with Gasteiger partial charge in [0.2, 0.25) is 6.79 Å². The van der Waals surface area contributed by atoms with Crippen LogP contribution in [-0.2, 0) is 0 Å². The molecule has 0 spiro atoms. The van der Waals surface area contributed by atoms with Crippen LogP contribution in [0.3, 0.4) is 0 Å². The van der Waals surface area contributed by atoms with E-state index >= 15 is 0 Å². The van der Waals surface area contributed by atoms with E-state index in [1.807, 2.05) is 23.1 Å². The van der Waals surface area contributed by atoms with Crippen molar-refractivity contribution in [2.45, 2.75) is 5.37 Å². The minimum atomic E-state index is -0.103. The Morgan fingerprint density at radius 3 is 2.77 bits per heavy atom. The summed E-state index contributed by atoms with van der Waals surface area (Å²) in [6.07, 6.45) is 0. The SMILES string of the molecule is COc1ccc([C@@H]2SCCN2C(=O)c2ccc3c(c2)OCO3)c(OC)c1. The number of benzene rings is 2. The highest BCUT2D eigenvalue weighted by atomic mass is 32.2. The minimum Gasteiger partial charge on any atom is -0.497 e. The third-order valence-corrected chi connectivity index (χ3v) is 5.72. The molecule has 0 bridgehead atoms. The van der Waals surface area contributed by atoms with Crippen LogP contribution in [0.5, 0.6) is 23.0 Å². The Bertz CT molecular complexity index is 841. The number of carbonyl (C=O) groups excluding carboxylic acids is 1. The van der Waals surface area contributed by atoms with Gasteiger partial charge in [-0.2, -0.15) is 0 Å². The summed E-state index contributed by atoms with van der Waals surface area (Å²) in [4.78, 5) is 15.0. The summed E-state index contributed by atoms with van der Waals surface area (Å²) in [6.45, 7) is 0.871. The Kier molecular flexibility index (Phi) is 4.55. The lowest BCUT2D eigenvalue weighted by molar-refractivity contribution is 0.0759. The molecule has 2 aliphatic heterocycles. The maximum Gasteiger partial charge on any atom is 0.255 e. The van der Waals surface area contributed by atoms with Crippen molar-refractivity contribution in [1.29, 1.82) is 0 Å². The molecule has 2 aromatic carbocycles. The first-order valence-corrected chi connectivity index (χ1v) is 9.30. The molecule has 136 valence electrons. The van der Waals surface area contributed by atoms with Crippen molar-refractivity contribution in [3.63, 3.8) is 0 Å². The number of ether oxygens (including phenoxy) is 4. The van der Waals surface area contributed by atoms with E-state index in [2.05, 4.69) is 0 Å². The zero-order valence-corrected chi connectivity index (χ0v) is 15.4. The number of thioether (sulfide) groups is 1. The molecular weight excluding hydrogens is 354 g/mol. The first-order valence-electron chi connectivity index (χ1n) is 8.25. The Labute approximate surface area is 156 Å². The highest BCUT2D eigenvalue weighted by molar-refractivity contribution is 7.99. The molecule has 1 amide bonds. The fraction of sp³-hybridized carbons (Fsp3) is 0.316. The summed E-state index contributed by atoms with van der Waals surface area (Å²) in [5.74, 6) is 3.56. The standard InChI is InChI=1S/C19H19NO5S/c1-22-13-4-5-14(16(10-13)23-2)19-20(7-8-26-19)18(21)12-3-6-15-17(9-12)25-11-24-15/h3-6,9-10,19H,7-8,11H2,1-2H3/t19-/m0/s1. The van der Waals surface area contributed by atoms with Gasteiger partial charge in [0.05, 0.1) is 14.2 Å². The second-order valence-corrected chi connectivity index (χ2v) is 7.09. The summed E-state index contributed by atoms with van der Waals surface area (Å²) in [7, 11) is 3.25. The fourth-order valence-corrected chi connectivity index (χ4v) is 4.43. The highest BCUT2D eigenvalue weighted by Crippen LogP contribution is 2.44. The summed E-state index contributed by atoms with van der Waals surface area (Å²) < 4.78 is 21.5. The second-order valence-electron chi connectivity index (χ2n) is 5.90. The Balaban J connectivity index is 1.63. The van der Waals surface area contributed by atoms with Gasteiger partial charge in [0.1, 0.15) is 16.9 Å². The normalized spacial score (nSPS) is 18.1. The number of methoxy groups -OCH3 is 2. The molecule has 1 fully saturated rings. The van der Waals surface area contributed by atoms with Crippen LogP contribution in [0.15, 0.2) is 36.4 Å². The molecule has 1 atom stereocenters. The average Bonchev–Trinajstić information content (AvgIpc) is 3.35. The van der Waals surface area contributed by atoms with Gasteiger partial charge in [-0.3, -0.25) is 4.79 Å². The number of amides is 1. The number of nitrogens with zero attached hydrogens (tertiary/aromatic N) is 1. The molecule has 2 aromatic rings. The number of hydrogen-bond acceptors (Lipinski definition) is 6. The quantitative estimate of drug-likeness (QED) is 0.820. The lowest BCUT2D eigenvalue weighted by atomic mass is 10.1. The molecule has 0 N–H and O–H groups in total. The Morgan fingerprint density at radius 2 is 1.96 bits per heavy atom. The van der Waals surface area contributed by atoms with E-state index in [0.29, 0.717) is 29.4 Å². The molecule has 0 aliphatic carbocycles. The van der Waals surface area contributed by atoms with Crippen molar-refractivity contribution in [3.8, 4) is 23.0 Å². The van der Waals surface area contributed by atoms with E-state index in [1.165, 1.54) is 0 Å². The molecule has 6 nitrogen and oxygen atoms in total. The maximum absolute atomic E-state index is 13.1. The van der Waals surface area contributed by atoms with E-state index < -0.39 is 0 Å². The van der Waals surface area contributed by atoms with Gasteiger partial charge >= 0.3 is 0 Å². The van der Waals surface area contributed by atoms with Crippen molar-refractivity contribution < 1.29 is 23.7 Å². The van der Waals surface area contributed by atoms with Crippen molar-refractivity contribution >= 4 is 17.7 Å². The average molecular weight is 373 g/mol. The third kappa shape index (κ3) is 2.92. The van der Waals surface area contributed by atoms with Gasteiger partial charge in [-0.05, 0) is 30.3 Å². The van der Waals surface area contributed by atoms with Crippen molar-refractivity contribution in [2.24, 2.45) is 0 Å². The predicted molar refractivity (Wildman–Crippen MR) is 98.3 cm³/mol. The highest BCUT2D eigenvalue weighted by Gasteiger charge is 2.33. The molecule has 0 saturated carbocycles. The van der Waals surface area contributed by atoms with Gasteiger partial charge < -0.3 is 23.8 Å². The number of carbonyl (C=O) groups is 1. The van der Waals surface area contributed by atoms with Gasteiger partial charge in [0, 0.05) is 29.5 Å². The Hall–Kier alpha value is -2.54. The largest absolute Gasteiger partial charge is 0.497 e. The van der Waals surface area contributed by atoms with E-state index in [1.54, 1.807) is 44.2 Å². The van der Waals surface area contributed by atoms with Gasteiger partial charge in [-0.15, -0.1) is 11.8 Å². The van der Waals surface area contributed by atoms with E-state index in [4.69, 9.17) is 18.9 Å². The van der Waals surface area contributed by atoms with Crippen LogP contribution in [0.25, 0.3) is 0 Å². The van der Waals surface area contributed by atoms with Crippen LogP contribution in [0.1, 0.15) is 21.3 Å². The lowest BCUT2D eigenvalue weighted by Crippen LogP contribution is -2.30. The predicted octanol–water partition coefficient (Wildman–Crippen LogP) is 3.32.